The molecule has 0 aromatic heterocycles. The standard InChI is InChI=1S/C13H14BrNO6/c1-20-11(18)13(7-10(16)17,15-12(19)21-2)8-3-5-9(14)6-4-8/h3-6H,7H2,1-2H3,(H,15,19)(H,16,17)/t13-/m0/s1. The summed E-state index contributed by atoms with van der Waals surface area (Å²) in [6.07, 6.45) is -1.62. The summed E-state index contributed by atoms with van der Waals surface area (Å²) in [5, 5.41) is 11.4. The van der Waals surface area contributed by atoms with Gasteiger partial charge in [-0.05, 0) is 17.7 Å². The fraction of sp³-hybridized carbons (Fsp3) is 0.308. The van der Waals surface area contributed by atoms with Gasteiger partial charge in [0.1, 0.15) is 0 Å². The van der Waals surface area contributed by atoms with Crippen molar-refractivity contribution in [1.29, 1.82) is 0 Å². The van der Waals surface area contributed by atoms with Gasteiger partial charge in [-0.2, -0.15) is 0 Å². The number of benzene rings is 1. The number of carboxylic acids is 1. The number of hydrogen-bond acceptors (Lipinski definition) is 5. The van der Waals surface area contributed by atoms with E-state index in [4.69, 9.17) is 5.11 Å². The number of hydrogen-bond donors (Lipinski definition) is 2. The van der Waals surface area contributed by atoms with E-state index in [9.17, 15) is 14.4 Å². The number of carbonyl (C=O) groups excluding carboxylic acids is 2. The van der Waals surface area contributed by atoms with Crippen LogP contribution in [0.3, 0.4) is 0 Å². The maximum Gasteiger partial charge on any atom is 0.408 e. The summed E-state index contributed by atoms with van der Waals surface area (Å²) in [6, 6.07) is 6.27. The molecule has 0 spiro atoms. The van der Waals surface area contributed by atoms with Gasteiger partial charge in [-0.15, -0.1) is 0 Å². The lowest BCUT2D eigenvalue weighted by atomic mass is 9.86. The van der Waals surface area contributed by atoms with Gasteiger partial charge in [0, 0.05) is 4.47 Å². The number of nitrogens with one attached hydrogen (secondary N) is 1. The molecule has 0 heterocycles. The van der Waals surface area contributed by atoms with Gasteiger partial charge in [-0.3, -0.25) is 4.79 Å². The van der Waals surface area contributed by atoms with Crippen LogP contribution in [0.25, 0.3) is 0 Å². The fourth-order valence-corrected chi connectivity index (χ4v) is 2.08. The van der Waals surface area contributed by atoms with Crippen LogP contribution in [-0.4, -0.2) is 37.4 Å². The Balaban J connectivity index is 3.40. The minimum absolute atomic E-state index is 0.269. The second kappa shape index (κ2) is 7.07. The SMILES string of the molecule is COC(=O)N[C@](CC(=O)O)(C(=O)OC)c1ccc(Br)cc1. The van der Waals surface area contributed by atoms with Gasteiger partial charge in [0.2, 0.25) is 0 Å². The van der Waals surface area contributed by atoms with Crippen molar-refractivity contribution in [3.05, 3.63) is 34.3 Å². The smallest absolute Gasteiger partial charge is 0.408 e. The number of carbonyl (C=O) groups is 3. The van der Waals surface area contributed by atoms with Crippen LogP contribution in [0, 0.1) is 0 Å². The molecule has 1 aromatic rings. The summed E-state index contributed by atoms with van der Waals surface area (Å²) >= 11 is 3.24. The molecule has 2 N–H and O–H groups in total. The van der Waals surface area contributed by atoms with Crippen LogP contribution in [0.2, 0.25) is 0 Å². The second-order valence-corrected chi connectivity index (χ2v) is 5.01. The lowest BCUT2D eigenvalue weighted by Crippen LogP contribution is -2.53. The van der Waals surface area contributed by atoms with Gasteiger partial charge in [0.05, 0.1) is 20.6 Å². The molecule has 1 aromatic carbocycles. The van der Waals surface area contributed by atoms with Gasteiger partial charge < -0.3 is 19.9 Å². The van der Waals surface area contributed by atoms with Gasteiger partial charge in [-0.1, -0.05) is 28.1 Å². The van der Waals surface area contributed by atoms with Crippen molar-refractivity contribution in [2.45, 2.75) is 12.0 Å². The summed E-state index contributed by atoms with van der Waals surface area (Å²) in [5.74, 6) is -2.18. The van der Waals surface area contributed by atoms with Crippen LogP contribution in [0.1, 0.15) is 12.0 Å². The first kappa shape index (κ1) is 17.0. The number of aliphatic carboxylic acids is 1. The molecular weight excluding hydrogens is 346 g/mol. The molecule has 0 fully saturated rings. The van der Waals surface area contributed by atoms with E-state index < -0.39 is 30.0 Å². The highest BCUT2D eigenvalue weighted by Crippen LogP contribution is 2.28. The number of carboxylic acid groups (broad SMARTS) is 1. The molecule has 0 aliphatic rings. The average molecular weight is 360 g/mol. The molecule has 0 aliphatic carbocycles. The Labute approximate surface area is 129 Å². The molecule has 114 valence electrons. The zero-order valence-electron chi connectivity index (χ0n) is 11.4. The molecule has 8 heteroatoms. The van der Waals surface area contributed by atoms with Crippen LogP contribution < -0.4 is 5.32 Å². The number of amides is 1. The van der Waals surface area contributed by atoms with E-state index in [1.807, 2.05) is 0 Å². The van der Waals surface area contributed by atoms with E-state index in [1.165, 1.54) is 12.1 Å². The highest BCUT2D eigenvalue weighted by molar-refractivity contribution is 9.10. The van der Waals surface area contributed by atoms with Crippen molar-refractivity contribution in [2.24, 2.45) is 0 Å². The van der Waals surface area contributed by atoms with E-state index in [0.29, 0.717) is 0 Å². The third kappa shape index (κ3) is 3.94. The number of alkyl carbamates (subject to hydrolysis) is 1. The fourth-order valence-electron chi connectivity index (χ4n) is 1.82. The Bertz CT molecular complexity index is 544. The molecule has 1 atom stereocenters. The molecule has 7 nitrogen and oxygen atoms in total. The Kier molecular flexibility index (Phi) is 5.71. The predicted molar refractivity (Wildman–Crippen MR) is 75.6 cm³/mol. The second-order valence-electron chi connectivity index (χ2n) is 4.09. The van der Waals surface area contributed by atoms with Gasteiger partial charge in [-0.25, -0.2) is 9.59 Å². The summed E-state index contributed by atoms with van der Waals surface area (Å²) in [4.78, 5) is 34.8. The summed E-state index contributed by atoms with van der Waals surface area (Å²) in [6.45, 7) is 0. The first-order valence-corrected chi connectivity index (χ1v) is 6.57. The van der Waals surface area contributed by atoms with Gasteiger partial charge in [0.25, 0.3) is 0 Å². The summed E-state index contributed by atoms with van der Waals surface area (Å²) < 4.78 is 9.86. The topological polar surface area (TPSA) is 102 Å². The van der Waals surface area contributed by atoms with Crippen LogP contribution in [0.4, 0.5) is 4.79 Å². The van der Waals surface area contributed by atoms with E-state index in [1.54, 1.807) is 12.1 Å². The number of halogens is 1. The van der Waals surface area contributed by atoms with E-state index in [-0.39, 0.29) is 5.56 Å². The van der Waals surface area contributed by atoms with Crippen molar-refractivity contribution < 1.29 is 29.0 Å². The molecule has 0 unspecified atom stereocenters. The average Bonchev–Trinajstić information content (AvgIpc) is 2.45. The molecule has 21 heavy (non-hydrogen) atoms. The van der Waals surface area contributed by atoms with Crippen molar-refractivity contribution in [1.82, 2.24) is 5.32 Å². The van der Waals surface area contributed by atoms with E-state index in [0.717, 1.165) is 18.7 Å². The zero-order chi connectivity index (χ0) is 16.0. The van der Waals surface area contributed by atoms with Crippen molar-refractivity contribution >= 4 is 34.0 Å². The van der Waals surface area contributed by atoms with Gasteiger partial charge >= 0.3 is 18.0 Å². The number of methoxy groups -OCH3 is 2. The Morgan fingerprint density at radius 2 is 1.76 bits per heavy atom. The van der Waals surface area contributed by atoms with Crippen LogP contribution in [0.15, 0.2) is 28.7 Å². The number of esters is 1. The minimum Gasteiger partial charge on any atom is -0.481 e. The zero-order valence-corrected chi connectivity index (χ0v) is 13.0. The van der Waals surface area contributed by atoms with Crippen molar-refractivity contribution in [2.75, 3.05) is 14.2 Å². The molecular formula is C13H14BrNO6. The Hall–Kier alpha value is -2.09. The number of ether oxygens (including phenoxy) is 2. The summed E-state index contributed by atoms with van der Waals surface area (Å²) in [7, 11) is 2.22. The van der Waals surface area contributed by atoms with Crippen molar-refractivity contribution in [3.63, 3.8) is 0 Å². The van der Waals surface area contributed by atoms with E-state index >= 15 is 0 Å². The normalized spacial score (nSPS) is 12.9. The van der Waals surface area contributed by atoms with Gasteiger partial charge in [0.15, 0.2) is 5.54 Å². The quantitative estimate of drug-likeness (QED) is 0.775. The highest BCUT2D eigenvalue weighted by Gasteiger charge is 2.45. The molecule has 0 radical (unpaired) electrons. The Morgan fingerprint density at radius 3 is 2.19 bits per heavy atom. The molecule has 0 bridgehead atoms. The Morgan fingerprint density at radius 1 is 1.19 bits per heavy atom. The molecule has 1 amide bonds. The first-order valence-electron chi connectivity index (χ1n) is 5.78. The highest BCUT2D eigenvalue weighted by atomic mass is 79.9. The largest absolute Gasteiger partial charge is 0.481 e. The molecule has 0 aliphatic heterocycles. The molecule has 0 saturated heterocycles. The molecule has 0 saturated carbocycles. The van der Waals surface area contributed by atoms with Crippen LogP contribution >= 0.6 is 15.9 Å². The number of rotatable bonds is 5. The maximum absolute atomic E-state index is 12.1. The van der Waals surface area contributed by atoms with Crippen molar-refractivity contribution in [3.8, 4) is 0 Å². The minimum atomic E-state index is -1.87. The predicted octanol–water partition coefficient (Wildman–Crippen LogP) is 1.65. The van der Waals surface area contributed by atoms with Crippen LogP contribution in [-0.2, 0) is 24.6 Å². The monoisotopic (exact) mass is 359 g/mol. The van der Waals surface area contributed by atoms with Crippen LogP contribution in [0.5, 0.6) is 0 Å². The lowest BCUT2D eigenvalue weighted by molar-refractivity contribution is -0.154. The molecule has 1 rings (SSSR count). The first-order chi connectivity index (χ1) is 9.85. The third-order valence-corrected chi connectivity index (χ3v) is 3.32. The summed E-state index contributed by atoms with van der Waals surface area (Å²) in [5.41, 5.74) is -1.60. The maximum atomic E-state index is 12.1. The van der Waals surface area contributed by atoms with E-state index in [2.05, 4.69) is 30.7 Å². The lowest BCUT2D eigenvalue weighted by Gasteiger charge is -2.30. The third-order valence-electron chi connectivity index (χ3n) is 2.79.